The molecule has 2 aliphatic rings. The average Bonchev–Trinajstić information content (AvgIpc) is 3.43. The van der Waals surface area contributed by atoms with Crippen molar-refractivity contribution >= 4 is 47.0 Å². The molecule has 2 N–H and O–H groups in total. The Balaban J connectivity index is 1.64. The van der Waals surface area contributed by atoms with E-state index in [4.69, 9.17) is 20.9 Å². The van der Waals surface area contributed by atoms with Gasteiger partial charge in [-0.2, -0.15) is 0 Å². The van der Waals surface area contributed by atoms with E-state index in [1.54, 1.807) is 45.0 Å². The number of benzene rings is 1. The zero-order valence-corrected chi connectivity index (χ0v) is 23.7. The molecule has 0 spiro atoms. The molecular formula is C27H31ClN4O5S. The van der Waals surface area contributed by atoms with Gasteiger partial charge in [0, 0.05) is 22.4 Å². The normalized spacial score (nSPS) is 17.8. The number of halogens is 1. The van der Waals surface area contributed by atoms with Crippen LogP contribution in [0.4, 0.5) is 10.6 Å². The summed E-state index contributed by atoms with van der Waals surface area (Å²) in [5.74, 6) is -0.119. The maximum atomic E-state index is 13.7. The number of aromatic nitrogens is 1. The third-order valence-corrected chi connectivity index (χ3v) is 7.08. The number of ether oxygens (including phenoxy) is 1. The van der Waals surface area contributed by atoms with E-state index in [-0.39, 0.29) is 28.6 Å². The van der Waals surface area contributed by atoms with E-state index in [0.29, 0.717) is 27.7 Å². The highest BCUT2D eigenvalue weighted by molar-refractivity contribution is 8.03. The van der Waals surface area contributed by atoms with Gasteiger partial charge in [-0.15, -0.1) is 0 Å². The number of carbonyl (C=O) groups is 3. The van der Waals surface area contributed by atoms with Crippen LogP contribution in [-0.2, 0) is 26.2 Å². The van der Waals surface area contributed by atoms with Crippen LogP contribution in [0.25, 0.3) is 0 Å². The first-order chi connectivity index (χ1) is 17.7. The zero-order valence-electron chi connectivity index (χ0n) is 22.2. The van der Waals surface area contributed by atoms with Crippen molar-refractivity contribution < 1.29 is 23.6 Å². The lowest BCUT2D eigenvalue weighted by molar-refractivity contribution is -0.119. The van der Waals surface area contributed by atoms with Crippen LogP contribution in [0.15, 0.2) is 57.1 Å². The molecule has 0 fully saturated rings. The summed E-state index contributed by atoms with van der Waals surface area (Å²) in [5.41, 5.74) is 3.14. The maximum absolute atomic E-state index is 13.7. The van der Waals surface area contributed by atoms with Crippen molar-refractivity contribution in [1.82, 2.24) is 15.6 Å². The van der Waals surface area contributed by atoms with Gasteiger partial charge in [-0.05, 0) is 44.9 Å². The number of allylic oxidation sites excluding steroid dienone is 2. The summed E-state index contributed by atoms with van der Waals surface area (Å²) in [6, 6.07) is 8.88. The predicted octanol–water partition coefficient (Wildman–Crippen LogP) is 5.59. The fraction of sp³-hybridized carbons (Fsp3) is 0.407. The molecule has 0 saturated heterocycles. The SMILES string of the molecule is CC(C)(C)OC(=O)NN1CSC2=C1C(=O)C(Cc1ccc(Cl)cc1)C=C2C(=O)Nc1cc(C(C)(C)C)on1. The van der Waals surface area contributed by atoms with Gasteiger partial charge in [-0.1, -0.05) is 67.5 Å². The summed E-state index contributed by atoms with van der Waals surface area (Å²) < 4.78 is 10.8. The molecular weight excluding hydrogens is 528 g/mol. The van der Waals surface area contributed by atoms with Crippen molar-refractivity contribution in [2.45, 2.75) is 59.0 Å². The van der Waals surface area contributed by atoms with Gasteiger partial charge in [0.05, 0.1) is 16.4 Å². The second kappa shape index (κ2) is 10.5. The molecule has 1 unspecified atom stereocenters. The highest BCUT2D eigenvalue weighted by Gasteiger charge is 2.41. The Kier molecular flexibility index (Phi) is 7.67. The summed E-state index contributed by atoms with van der Waals surface area (Å²) in [4.78, 5) is 40.1. The van der Waals surface area contributed by atoms with Crippen LogP contribution in [-0.4, -0.2) is 39.4 Å². The molecule has 202 valence electrons. The fourth-order valence-electron chi connectivity index (χ4n) is 3.94. The van der Waals surface area contributed by atoms with E-state index in [2.05, 4.69) is 15.9 Å². The summed E-state index contributed by atoms with van der Waals surface area (Å²) in [5, 5.41) is 8.81. The number of carbonyl (C=O) groups excluding carboxylic acids is 3. The minimum absolute atomic E-state index is 0.205. The van der Waals surface area contributed by atoms with Gasteiger partial charge in [-0.3, -0.25) is 14.6 Å². The standard InChI is InChI=1S/C27H31ClN4O5S/c1-26(2,3)19-13-20(31-37-19)29-24(34)18-12-16(11-15-7-9-17(28)10-8-15)22(33)21-23(18)38-14-32(21)30-25(35)36-27(4,5)6/h7-10,12-13,16H,11,14H2,1-6H3,(H,30,35)(H,29,31,34). The van der Waals surface area contributed by atoms with Gasteiger partial charge < -0.3 is 14.6 Å². The number of hydrogen-bond donors (Lipinski definition) is 2. The molecule has 11 heteroatoms. The summed E-state index contributed by atoms with van der Waals surface area (Å²) >= 11 is 7.32. The zero-order chi connectivity index (χ0) is 27.8. The first-order valence-electron chi connectivity index (χ1n) is 12.1. The quantitative estimate of drug-likeness (QED) is 0.488. The molecule has 0 bridgehead atoms. The van der Waals surface area contributed by atoms with Crippen LogP contribution in [0.3, 0.4) is 0 Å². The number of hydrazine groups is 1. The van der Waals surface area contributed by atoms with Crippen LogP contribution in [0.5, 0.6) is 0 Å². The van der Waals surface area contributed by atoms with Crippen molar-refractivity contribution in [3.8, 4) is 0 Å². The lowest BCUT2D eigenvalue weighted by atomic mass is 9.86. The number of ketones is 1. The topological polar surface area (TPSA) is 114 Å². The number of thioether (sulfide) groups is 1. The molecule has 9 nitrogen and oxygen atoms in total. The molecule has 2 amide bonds. The van der Waals surface area contributed by atoms with Crippen LogP contribution in [0, 0.1) is 5.92 Å². The van der Waals surface area contributed by atoms with E-state index in [1.165, 1.54) is 16.8 Å². The Hall–Kier alpha value is -3.24. The van der Waals surface area contributed by atoms with E-state index in [0.717, 1.165) is 5.56 Å². The van der Waals surface area contributed by atoms with Gasteiger partial charge in [0.1, 0.15) is 17.1 Å². The molecule has 1 aliphatic carbocycles. The van der Waals surface area contributed by atoms with Gasteiger partial charge in [-0.25, -0.2) is 10.2 Å². The largest absolute Gasteiger partial charge is 0.443 e. The molecule has 4 rings (SSSR count). The molecule has 1 aliphatic heterocycles. The molecule has 1 aromatic heterocycles. The third kappa shape index (κ3) is 6.42. The maximum Gasteiger partial charge on any atom is 0.426 e. The Bertz CT molecular complexity index is 1320. The van der Waals surface area contributed by atoms with Gasteiger partial charge >= 0.3 is 6.09 Å². The second-order valence-electron chi connectivity index (χ2n) is 11.2. The second-order valence-corrected chi connectivity index (χ2v) is 12.5. The number of anilines is 1. The minimum atomic E-state index is -0.712. The molecule has 0 saturated carbocycles. The van der Waals surface area contributed by atoms with Crippen molar-refractivity contribution in [3.63, 3.8) is 0 Å². The van der Waals surface area contributed by atoms with Crippen LogP contribution < -0.4 is 10.7 Å². The first-order valence-corrected chi connectivity index (χ1v) is 13.5. The van der Waals surface area contributed by atoms with Crippen LogP contribution >= 0.6 is 23.4 Å². The molecule has 1 atom stereocenters. The molecule has 1 aromatic carbocycles. The smallest absolute Gasteiger partial charge is 0.426 e. The number of rotatable bonds is 5. The lowest BCUT2D eigenvalue weighted by Gasteiger charge is -2.28. The van der Waals surface area contributed by atoms with Gasteiger partial charge in [0.15, 0.2) is 11.6 Å². The predicted molar refractivity (Wildman–Crippen MR) is 146 cm³/mol. The van der Waals surface area contributed by atoms with E-state index >= 15 is 0 Å². The van der Waals surface area contributed by atoms with Crippen molar-refractivity contribution in [3.05, 3.63) is 68.9 Å². The molecule has 2 aromatic rings. The van der Waals surface area contributed by atoms with Crippen molar-refractivity contribution in [2.75, 3.05) is 11.2 Å². The Morgan fingerprint density at radius 2 is 1.87 bits per heavy atom. The number of hydrogen-bond acceptors (Lipinski definition) is 8. The summed E-state index contributed by atoms with van der Waals surface area (Å²) in [6.07, 6.45) is 1.35. The fourth-order valence-corrected chi connectivity index (χ4v) is 5.18. The number of nitrogens with one attached hydrogen (secondary N) is 2. The van der Waals surface area contributed by atoms with Crippen LogP contribution in [0.2, 0.25) is 5.02 Å². The van der Waals surface area contributed by atoms with Crippen LogP contribution in [0.1, 0.15) is 52.9 Å². The highest BCUT2D eigenvalue weighted by atomic mass is 35.5. The first kappa shape index (κ1) is 27.8. The lowest BCUT2D eigenvalue weighted by Crippen LogP contribution is -2.45. The Labute approximate surface area is 230 Å². The van der Waals surface area contributed by atoms with E-state index in [9.17, 15) is 14.4 Å². The summed E-state index contributed by atoms with van der Waals surface area (Å²) in [7, 11) is 0. The monoisotopic (exact) mass is 558 g/mol. The van der Waals surface area contributed by atoms with E-state index < -0.39 is 23.5 Å². The summed E-state index contributed by atoms with van der Waals surface area (Å²) in [6.45, 7) is 11.2. The molecule has 2 heterocycles. The number of amides is 2. The third-order valence-electron chi connectivity index (χ3n) is 5.74. The van der Waals surface area contributed by atoms with Gasteiger partial charge in [0.25, 0.3) is 5.91 Å². The van der Waals surface area contributed by atoms with E-state index in [1.807, 2.05) is 32.9 Å². The number of Topliss-reactive ketones (excluding diaryl/α,β-unsaturated/α-hetero) is 1. The Morgan fingerprint density at radius 1 is 1.18 bits per heavy atom. The van der Waals surface area contributed by atoms with Crippen molar-refractivity contribution in [2.24, 2.45) is 5.92 Å². The van der Waals surface area contributed by atoms with Crippen molar-refractivity contribution in [1.29, 1.82) is 0 Å². The highest BCUT2D eigenvalue weighted by Crippen LogP contribution is 2.42. The molecule has 38 heavy (non-hydrogen) atoms. The molecule has 0 radical (unpaired) electrons. The average molecular weight is 559 g/mol. The van der Waals surface area contributed by atoms with Gasteiger partial charge in [0.2, 0.25) is 0 Å². The Morgan fingerprint density at radius 3 is 2.47 bits per heavy atom. The minimum Gasteiger partial charge on any atom is -0.443 e. The number of nitrogens with zero attached hydrogens (tertiary/aromatic N) is 2.